The number of esters is 1. The lowest BCUT2D eigenvalue weighted by atomic mass is 9.72. The molecule has 1 N–H and O–H groups in total. The van der Waals surface area contributed by atoms with Crippen molar-refractivity contribution >= 4 is 23.4 Å². The van der Waals surface area contributed by atoms with E-state index < -0.39 is 16.8 Å². The van der Waals surface area contributed by atoms with E-state index in [1.165, 1.54) is 6.07 Å². The molecule has 9 heteroatoms. The lowest BCUT2D eigenvalue weighted by molar-refractivity contribution is -0.172. The minimum absolute atomic E-state index is 0.0349. The van der Waals surface area contributed by atoms with Crippen LogP contribution in [0.2, 0.25) is 0 Å². The molecule has 0 amide bonds. The van der Waals surface area contributed by atoms with Gasteiger partial charge in [0.2, 0.25) is 0 Å². The molecule has 3 heterocycles. The lowest BCUT2D eigenvalue weighted by Gasteiger charge is -2.43. The molecule has 2 aromatic heterocycles. The first-order chi connectivity index (χ1) is 17.5. The number of ketones is 1. The Hall–Kier alpha value is -2.81. The topological polar surface area (TPSA) is 89.3 Å². The van der Waals surface area contributed by atoms with Gasteiger partial charge in [-0.15, -0.1) is 0 Å². The summed E-state index contributed by atoms with van der Waals surface area (Å²) in [6.45, 7) is 18.1. The average Bonchev–Trinajstić information content (AvgIpc) is 3.17. The second kappa shape index (κ2) is 10.8. The van der Waals surface area contributed by atoms with Gasteiger partial charge in [0.1, 0.15) is 11.4 Å². The number of aromatic nitrogens is 3. The summed E-state index contributed by atoms with van der Waals surface area (Å²) in [5.41, 5.74) is -0.855. The van der Waals surface area contributed by atoms with Crippen LogP contribution in [0, 0.1) is 18.2 Å². The quantitative estimate of drug-likeness (QED) is 0.358. The van der Waals surface area contributed by atoms with E-state index in [2.05, 4.69) is 48.0 Å². The first-order valence-electron chi connectivity index (χ1n) is 13.5. The Morgan fingerprint density at radius 2 is 1.84 bits per heavy atom. The third kappa shape index (κ3) is 6.60. The SMILES string of the molecule is CCC(=O)c1cc(Nc2cc(C)n(C(C)(C)C)n2)nc(C[C@@]2(C(=O)OC(C)(C)C)CCN(C)[C@H](C)C2)c1F. The number of ether oxygens (including phenoxy) is 1. The van der Waals surface area contributed by atoms with Gasteiger partial charge in [-0.2, -0.15) is 5.10 Å². The number of rotatable bonds is 7. The largest absolute Gasteiger partial charge is 0.460 e. The van der Waals surface area contributed by atoms with Gasteiger partial charge in [0.25, 0.3) is 0 Å². The van der Waals surface area contributed by atoms with Crippen LogP contribution in [0.15, 0.2) is 12.1 Å². The van der Waals surface area contributed by atoms with E-state index in [1.54, 1.807) is 6.92 Å². The molecular weight excluding hydrogens is 485 g/mol. The molecule has 1 saturated heterocycles. The molecule has 0 radical (unpaired) electrons. The summed E-state index contributed by atoms with van der Waals surface area (Å²) < 4.78 is 23.6. The molecule has 38 heavy (non-hydrogen) atoms. The zero-order valence-electron chi connectivity index (χ0n) is 24.7. The summed E-state index contributed by atoms with van der Waals surface area (Å²) in [4.78, 5) is 33.1. The number of aryl methyl sites for hydroxylation is 1. The zero-order chi connectivity index (χ0) is 28.6. The summed E-state index contributed by atoms with van der Waals surface area (Å²) in [5.74, 6) is -0.487. The lowest BCUT2D eigenvalue weighted by Crippen LogP contribution is -2.50. The smallest absolute Gasteiger partial charge is 0.313 e. The number of halogens is 1. The standard InChI is InChI=1S/C29H44FN5O3/c1-11-22(36)20-15-23(32-24-14-18(2)35(33-24)27(4,5)6)31-21(25(20)30)17-29(26(37)38-28(7,8)9)12-13-34(10)19(3)16-29/h14-15,19H,11-13,16-17H2,1-10H3,(H,31,32,33)/t19-,29-/m1/s1. The Bertz CT molecular complexity index is 1190. The molecule has 2 aromatic rings. The van der Waals surface area contributed by atoms with Gasteiger partial charge in [0.15, 0.2) is 17.4 Å². The number of piperidine rings is 1. The highest BCUT2D eigenvalue weighted by molar-refractivity contribution is 5.97. The molecule has 0 aliphatic carbocycles. The van der Waals surface area contributed by atoms with Crippen LogP contribution in [0.4, 0.5) is 16.0 Å². The van der Waals surface area contributed by atoms with Gasteiger partial charge < -0.3 is 15.0 Å². The molecule has 0 bridgehead atoms. The Morgan fingerprint density at radius 1 is 1.18 bits per heavy atom. The zero-order valence-corrected chi connectivity index (χ0v) is 24.7. The molecule has 210 valence electrons. The van der Waals surface area contributed by atoms with Crippen LogP contribution in [0.25, 0.3) is 0 Å². The fraction of sp³-hybridized carbons (Fsp3) is 0.655. The number of carbonyl (C=O) groups is 2. The predicted molar refractivity (Wildman–Crippen MR) is 147 cm³/mol. The van der Waals surface area contributed by atoms with Gasteiger partial charge in [0.05, 0.1) is 22.2 Å². The van der Waals surface area contributed by atoms with Gasteiger partial charge in [0, 0.05) is 30.6 Å². The van der Waals surface area contributed by atoms with Crippen LogP contribution in [-0.2, 0) is 21.5 Å². The van der Waals surface area contributed by atoms with Crippen LogP contribution in [-0.4, -0.2) is 56.7 Å². The van der Waals surface area contributed by atoms with Crippen molar-refractivity contribution < 1.29 is 18.7 Å². The van der Waals surface area contributed by atoms with E-state index >= 15 is 4.39 Å². The van der Waals surface area contributed by atoms with Gasteiger partial charge in [-0.05, 0) is 87.9 Å². The number of hydrogen-bond donors (Lipinski definition) is 1. The third-order valence-electron chi connectivity index (χ3n) is 7.15. The number of anilines is 2. The van der Waals surface area contributed by atoms with Crippen LogP contribution in [0.3, 0.4) is 0 Å². The van der Waals surface area contributed by atoms with Crippen molar-refractivity contribution in [2.75, 3.05) is 18.9 Å². The van der Waals surface area contributed by atoms with Crippen LogP contribution >= 0.6 is 0 Å². The normalized spacial score (nSPS) is 20.9. The van der Waals surface area contributed by atoms with E-state index in [1.807, 2.05) is 45.5 Å². The van der Waals surface area contributed by atoms with E-state index in [9.17, 15) is 9.59 Å². The fourth-order valence-corrected chi connectivity index (χ4v) is 5.06. The molecule has 1 aliphatic rings. The number of likely N-dealkylation sites (tertiary alicyclic amines) is 1. The Balaban J connectivity index is 2.07. The molecule has 3 rings (SSSR count). The first kappa shape index (κ1) is 29.7. The van der Waals surface area contributed by atoms with E-state index in [-0.39, 0.29) is 47.4 Å². The number of nitrogens with zero attached hydrogens (tertiary/aromatic N) is 4. The molecule has 8 nitrogen and oxygen atoms in total. The first-order valence-corrected chi connectivity index (χ1v) is 13.5. The van der Waals surface area contributed by atoms with E-state index in [0.717, 1.165) is 5.69 Å². The molecule has 0 unspecified atom stereocenters. The summed E-state index contributed by atoms with van der Waals surface area (Å²) >= 11 is 0. The van der Waals surface area contributed by atoms with Crippen molar-refractivity contribution in [1.29, 1.82) is 0 Å². The molecular formula is C29H44FN5O3. The average molecular weight is 530 g/mol. The van der Waals surface area contributed by atoms with Crippen molar-refractivity contribution in [1.82, 2.24) is 19.7 Å². The number of hydrogen-bond acceptors (Lipinski definition) is 7. The second-order valence-corrected chi connectivity index (χ2v) is 12.7. The molecule has 0 aromatic carbocycles. The van der Waals surface area contributed by atoms with Crippen LogP contribution in [0.1, 0.15) is 96.4 Å². The monoisotopic (exact) mass is 529 g/mol. The summed E-state index contributed by atoms with van der Waals surface area (Å²) in [6.07, 6.45) is 1.20. The molecule has 0 spiro atoms. The van der Waals surface area contributed by atoms with Crippen molar-refractivity contribution in [2.24, 2.45) is 5.41 Å². The third-order valence-corrected chi connectivity index (χ3v) is 7.15. The summed E-state index contributed by atoms with van der Waals surface area (Å²) in [7, 11) is 2.02. The highest BCUT2D eigenvalue weighted by Crippen LogP contribution is 2.40. The van der Waals surface area contributed by atoms with Gasteiger partial charge in [-0.25, -0.2) is 9.37 Å². The van der Waals surface area contributed by atoms with Crippen LogP contribution in [0.5, 0.6) is 0 Å². The highest BCUT2D eigenvalue weighted by Gasteiger charge is 2.47. The van der Waals surface area contributed by atoms with Gasteiger partial charge in [-0.1, -0.05) is 6.92 Å². The summed E-state index contributed by atoms with van der Waals surface area (Å²) in [6, 6.07) is 3.42. The number of nitrogens with one attached hydrogen (secondary N) is 1. The van der Waals surface area contributed by atoms with Crippen molar-refractivity contribution in [3.8, 4) is 0 Å². The maximum atomic E-state index is 15.9. The number of pyridine rings is 1. The Labute approximate surface area is 226 Å². The Morgan fingerprint density at radius 3 is 2.37 bits per heavy atom. The molecule has 0 saturated carbocycles. The maximum Gasteiger partial charge on any atom is 0.313 e. The fourth-order valence-electron chi connectivity index (χ4n) is 5.06. The number of carbonyl (C=O) groups excluding carboxylic acids is 2. The van der Waals surface area contributed by atoms with E-state index in [0.29, 0.717) is 31.0 Å². The van der Waals surface area contributed by atoms with Gasteiger partial charge >= 0.3 is 5.97 Å². The highest BCUT2D eigenvalue weighted by atomic mass is 19.1. The maximum absolute atomic E-state index is 15.9. The Kier molecular flexibility index (Phi) is 8.41. The molecule has 1 aliphatic heterocycles. The molecule has 1 fully saturated rings. The predicted octanol–water partition coefficient (Wildman–Crippen LogP) is 5.80. The van der Waals surface area contributed by atoms with Crippen molar-refractivity contribution in [3.05, 3.63) is 34.9 Å². The van der Waals surface area contributed by atoms with Crippen molar-refractivity contribution in [2.45, 2.75) is 105 Å². The minimum Gasteiger partial charge on any atom is -0.460 e. The van der Waals surface area contributed by atoms with Gasteiger partial charge in [-0.3, -0.25) is 14.3 Å². The van der Waals surface area contributed by atoms with Crippen molar-refractivity contribution in [3.63, 3.8) is 0 Å². The number of Topliss-reactive ketones (excluding diaryl/α,β-unsaturated/α-hetero) is 1. The second-order valence-electron chi connectivity index (χ2n) is 12.7. The van der Waals surface area contributed by atoms with Crippen LogP contribution < -0.4 is 5.32 Å². The summed E-state index contributed by atoms with van der Waals surface area (Å²) in [5, 5.41) is 7.82. The van der Waals surface area contributed by atoms with E-state index in [4.69, 9.17) is 4.74 Å². The molecule has 2 atom stereocenters. The minimum atomic E-state index is -0.956.